The molecule has 0 amide bonds. The zero-order valence-corrected chi connectivity index (χ0v) is 15.9. The SMILES string of the molecule is C=C(C)[C@@H]1CC[C@@](C)(CC(C(=O)O)P(=O)(OCC)OCC)C(=O)C1. The molecule has 0 aromatic rings. The van der Waals surface area contributed by atoms with Crippen LogP contribution >= 0.6 is 7.60 Å². The highest BCUT2D eigenvalue weighted by Gasteiger charge is 2.49. The van der Waals surface area contributed by atoms with Crippen LogP contribution in [0.2, 0.25) is 0 Å². The molecule has 6 nitrogen and oxygen atoms in total. The summed E-state index contributed by atoms with van der Waals surface area (Å²) in [6.45, 7) is 11.0. The van der Waals surface area contributed by atoms with E-state index in [0.717, 1.165) is 12.0 Å². The first-order valence-electron chi connectivity index (χ1n) is 8.40. The Bertz CT molecular complexity index is 533. The number of allylic oxidation sites excluding steroid dienone is 1. The summed E-state index contributed by atoms with van der Waals surface area (Å²) >= 11 is 0. The van der Waals surface area contributed by atoms with E-state index in [-0.39, 0.29) is 31.3 Å². The zero-order valence-electron chi connectivity index (χ0n) is 15.0. The van der Waals surface area contributed by atoms with Crippen LogP contribution in [0.3, 0.4) is 0 Å². The number of hydrogen-bond acceptors (Lipinski definition) is 5. The van der Waals surface area contributed by atoms with Gasteiger partial charge in [0.25, 0.3) is 0 Å². The molecule has 1 N–H and O–H groups in total. The van der Waals surface area contributed by atoms with Crippen LogP contribution in [-0.4, -0.2) is 35.7 Å². The van der Waals surface area contributed by atoms with Gasteiger partial charge in [-0.1, -0.05) is 19.1 Å². The van der Waals surface area contributed by atoms with E-state index in [1.807, 2.05) is 6.92 Å². The molecule has 1 aliphatic carbocycles. The molecule has 0 aromatic heterocycles. The van der Waals surface area contributed by atoms with Gasteiger partial charge in [-0.3, -0.25) is 14.2 Å². The zero-order chi connectivity index (χ0) is 18.5. The molecule has 7 heteroatoms. The van der Waals surface area contributed by atoms with Gasteiger partial charge in [-0.15, -0.1) is 0 Å². The van der Waals surface area contributed by atoms with Crippen LogP contribution in [0.15, 0.2) is 12.2 Å². The minimum absolute atomic E-state index is 0.00690. The van der Waals surface area contributed by atoms with Gasteiger partial charge in [0, 0.05) is 11.8 Å². The lowest BCUT2D eigenvalue weighted by Gasteiger charge is -2.38. The molecule has 1 saturated carbocycles. The number of carbonyl (C=O) groups excluding carboxylic acids is 1. The molecule has 0 spiro atoms. The van der Waals surface area contributed by atoms with E-state index < -0.39 is 24.6 Å². The van der Waals surface area contributed by atoms with Gasteiger partial charge < -0.3 is 14.2 Å². The van der Waals surface area contributed by atoms with E-state index in [0.29, 0.717) is 12.8 Å². The predicted octanol–water partition coefficient (Wildman–Crippen LogP) is 4.05. The number of rotatable bonds is 9. The first kappa shape index (κ1) is 21.1. The van der Waals surface area contributed by atoms with E-state index >= 15 is 0 Å². The molecule has 138 valence electrons. The third-order valence-corrected chi connectivity index (χ3v) is 7.18. The number of Topliss-reactive ketones (excluding diaryl/α,β-unsaturated/α-hetero) is 1. The fourth-order valence-electron chi connectivity index (χ4n) is 3.18. The standard InChI is InChI=1S/C17H29O6P/c1-6-22-24(21,23-7-2)14(16(19)20)11-17(5)9-8-13(12(3)4)10-15(17)18/h13-14H,3,6-11H2,1-2,4-5H3,(H,19,20)/t13-,14?,17+/m1/s1. The smallest absolute Gasteiger partial charge is 0.344 e. The maximum absolute atomic E-state index is 12.9. The second kappa shape index (κ2) is 8.41. The molecule has 1 rings (SSSR count). The fourth-order valence-corrected chi connectivity index (χ4v) is 5.23. The number of aliphatic carboxylic acids is 1. The van der Waals surface area contributed by atoms with Crippen molar-refractivity contribution in [1.82, 2.24) is 0 Å². The summed E-state index contributed by atoms with van der Waals surface area (Å²) in [7, 11) is -3.82. The Morgan fingerprint density at radius 2 is 1.96 bits per heavy atom. The summed E-state index contributed by atoms with van der Waals surface area (Å²) in [4.78, 5) is 24.4. The number of ketones is 1. The molecule has 0 aromatic carbocycles. The highest BCUT2D eigenvalue weighted by Crippen LogP contribution is 2.57. The third kappa shape index (κ3) is 4.78. The van der Waals surface area contributed by atoms with Crippen LogP contribution < -0.4 is 0 Å². The second-order valence-corrected chi connectivity index (χ2v) is 8.92. The van der Waals surface area contributed by atoms with Gasteiger partial charge in [0.05, 0.1) is 13.2 Å². The van der Waals surface area contributed by atoms with E-state index in [1.165, 1.54) is 0 Å². The van der Waals surface area contributed by atoms with Crippen molar-refractivity contribution in [3.63, 3.8) is 0 Å². The quantitative estimate of drug-likeness (QED) is 0.493. The molecule has 0 heterocycles. The van der Waals surface area contributed by atoms with Crippen molar-refractivity contribution in [3.05, 3.63) is 12.2 Å². The lowest BCUT2D eigenvalue weighted by atomic mass is 9.67. The van der Waals surface area contributed by atoms with Crippen molar-refractivity contribution in [2.45, 2.75) is 59.0 Å². The molecular weight excluding hydrogens is 331 g/mol. The van der Waals surface area contributed by atoms with Crippen molar-refractivity contribution >= 4 is 19.3 Å². The normalized spacial score (nSPS) is 26.2. The maximum atomic E-state index is 12.9. The van der Waals surface area contributed by atoms with Crippen molar-refractivity contribution in [3.8, 4) is 0 Å². The van der Waals surface area contributed by atoms with Gasteiger partial charge in [-0.25, -0.2) is 0 Å². The van der Waals surface area contributed by atoms with Gasteiger partial charge in [0.2, 0.25) is 0 Å². The molecule has 0 aliphatic heterocycles. The second-order valence-electron chi connectivity index (χ2n) is 6.70. The summed E-state index contributed by atoms with van der Waals surface area (Å²) < 4.78 is 23.3. The minimum Gasteiger partial charge on any atom is -0.481 e. The summed E-state index contributed by atoms with van der Waals surface area (Å²) in [5.74, 6) is -1.12. The van der Waals surface area contributed by atoms with E-state index in [9.17, 15) is 19.3 Å². The highest BCUT2D eigenvalue weighted by atomic mass is 31.2. The Kier molecular flexibility index (Phi) is 7.39. The van der Waals surface area contributed by atoms with Crippen LogP contribution in [0.1, 0.15) is 53.4 Å². The molecule has 1 fully saturated rings. The Hall–Kier alpha value is -0.970. The molecule has 1 aliphatic rings. The first-order chi connectivity index (χ1) is 11.1. The van der Waals surface area contributed by atoms with Crippen LogP contribution in [-0.2, 0) is 23.2 Å². The summed E-state index contributed by atoms with van der Waals surface area (Å²) in [6, 6.07) is 0. The molecule has 1 unspecified atom stereocenters. The summed E-state index contributed by atoms with van der Waals surface area (Å²) in [5, 5.41) is 9.58. The van der Waals surface area contributed by atoms with Crippen LogP contribution in [0.5, 0.6) is 0 Å². The van der Waals surface area contributed by atoms with Gasteiger partial charge in [-0.05, 0) is 46.0 Å². The van der Waals surface area contributed by atoms with Gasteiger partial charge in [-0.2, -0.15) is 0 Å². The maximum Gasteiger partial charge on any atom is 0.344 e. The van der Waals surface area contributed by atoms with Crippen LogP contribution in [0, 0.1) is 11.3 Å². The lowest BCUT2D eigenvalue weighted by Crippen LogP contribution is -2.40. The van der Waals surface area contributed by atoms with Crippen LogP contribution in [0.4, 0.5) is 0 Å². The average molecular weight is 360 g/mol. The highest BCUT2D eigenvalue weighted by molar-refractivity contribution is 7.55. The fraction of sp³-hybridized carbons (Fsp3) is 0.765. The molecule has 24 heavy (non-hydrogen) atoms. The summed E-state index contributed by atoms with van der Waals surface area (Å²) in [5.41, 5.74) is -1.21. The van der Waals surface area contributed by atoms with Crippen molar-refractivity contribution in [2.24, 2.45) is 11.3 Å². The lowest BCUT2D eigenvalue weighted by molar-refractivity contribution is -0.139. The summed E-state index contributed by atoms with van der Waals surface area (Å²) in [6.07, 6.45) is 1.63. The Morgan fingerprint density at radius 3 is 2.33 bits per heavy atom. The van der Waals surface area contributed by atoms with E-state index in [2.05, 4.69) is 6.58 Å². The Morgan fingerprint density at radius 1 is 1.42 bits per heavy atom. The van der Waals surface area contributed by atoms with E-state index in [4.69, 9.17) is 9.05 Å². The number of hydrogen-bond donors (Lipinski definition) is 1. The third-order valence-electron chi connectivity index (χ3n) is 4.78. The molecule has 3 atom stereocenters. The minimum atomic E-state index is -3.82. The topological polar surface area (TPSA) is 89.9 Å². The predicted molar refractivity (Wildman–Crippen MR) is 92.2 cm³/mol. The molecular formula is C17H29O6P. The average Bonchev–Trinajstić information content (AvgIpc) is 2.48. The molecule has 0 saturated heterocycles. The monoisotopic (exact) mass is 360 g/mol. The Labute approximate surface area is 144 Å². The number of carboxylic acids is 1. The first-order valence-corrected chi connectivity index (χ1v) is 10.0. The van der Waals surface area contributed by atoms with Crippen molar-refractivity contribution < 1.29 is 28.3 Å². The van der Waals surface area contributed by atoms with E-state index in [1.54, 1.807) is 20.8 Å². The Balaban J connectivity index is 3.03. The van der Waals surface area contributed by atoms with Gasteiger partial charge in [0.15, 0.2) is 5.66 Å². The van der Waals surface area contributed by atoms with Crippen LogP contribution in [0.25, 0.3) is 0 Å². The molecule has 0 radical (unpaired) electrons. The molecule has 0 bridgehead atoms. The largest absolute Gasteiger partial charge is 0.481 e. The number of carboxylic acid groups (broad SMARTS) is 1. The van der Waals surface area contributed by atoms with Gasteiger partial charge >= 0.3 is 13.6 Å². The van der Waals surface area contributed by atoms with Crippen molar-refractivity contribution in [1.29, 1.82) is 0 Å². The number of carbonyl (C=O) groups is 2. The van der Waals surface area contributed by atoms with Gasteiger partial charge in [0.1, 0.15) is 5.78 Å². The van der Waals surface area contributed by atoms with Crippen molar-refractivity contribution in [2.75, 3.05) is 13.2 Å².